The molecule has 2 saturated carbocycles. The van der Waals surface area contributed by atoms with E-state index in [0.29, 0.717) is 6.42 Å². The van der Waals surface area contributed by atoms with Crippen LogP contribution in [0.1, 0.15) is 37.7 Å². The number of ether oxygens (including phenoxy) is 2. The maximum atomic E-state index is 14.4. The van der Waals surface area contributed by atoms with Crippen molar-refractivity contribution in [1.29, 1.82) is 0 Å². The number of anilines is 2. The number of fused-ring (bicyclic) bond motifs is 6. The van der Waals surface area contributed by atoms with Gasteiger partial charge in [0, 0.05) is 5.41 Å². The van der Waals surface area contributed by atoms with Crippen LogP contribution in [0.5, 0.6) is 17.2 Å². The molecule has 7 nitrogen and oxygen atoms in total. The highest BCUT2D eigenvalue weighted by Crippen LogP contribution is 2.55. The number of halogens is 3. The fourth-order valence-electron chi connectivity index (χ4n) is 5.77. The van der Waals surface area contributed by atoms with Crippen molar-refractivity contribution in [2.24, 2.45) is 9.36 Å². The van der Waals surface area contributed by atoms with Crippen LogP contribution in [0.3, 0.4) is 0 Å². The summed E-state index contributed by atoms with van der Waals surface area (Å²) < 4.78 is 69.7. The molecule has 2 aliphatic carbocycles. The number of alkyl halides is 3. The minimum Gasteiger partial charge on any atom is -0.453 e. The maximum Gasteiger partial charge on any atom is 0.573 e. The summed E-state index contributed by atoms with van der Waals surface area (Å²) in [6, 6.07) is 18.4. The summed E-state index contributed by atoms with van der Waals surface area (Å²) in [6.07, 6.45) is -1.72. The van der Waals surface area contributed by atoms with E-state index in [0.717, 1.165) is 66.3 Å². The molecule has 220 valence electrons. The second kappa shape index (κ2) is 10.2. The molecule has 2 aliphatic heterocycles. The number of nitrogens with zero attached hydrogens (tertiary/aromatic N) is 3. The van der Waals surface area contributed by atoms with Crippen LogP contribution >= 0.6 is 11.9 Å². The molecule has 1 N–H and O–H groups in total. The summed E-state index contributed by atoms with van der Waals surface area (Å²) >= 11 is 1.56. The van der Waals surface area contributed by atoms with Crippen LogP contribution in [-0.4, -0.2) is 45.2 Å². The molecular formula is C30H28F3N3O4S2. The molecule has 2 heterocycles. The topological polar surface area (TPSA) is 83.7 Å². The van der Waals surface area contributed by atoms with E-state index in [2.05, 4.69) is 20.1 Å². The van der Waals surface area contributed by atoms with Crippen molar-refractivity contribution in [3.8, 4) is 17.2 Å². The lowest BCUT2D eigenvalue weighted by atomic mass is 9.92. The predicted octanol–water partition coefficient (Wildman–Crippen LogP) is 7.36. The molecule has 7 rings (SSSR count). The molecule has 3 aromatic carbocycles. The first-order valence-corrected chi connectivity index (χ1v) is 16.2. The quantitative estimate of drug-likeness (QED) is 0.304. The third-order valence-corrected chi connectivity index (χ3v) is 11.6. The molecule has 2 fully saturated rings. The standard InChI is InChI=1S/C30H28F3N3O4S2/c31-30(32,33)40-20-9-11-21(12-10-20)42(38)18-34-22-4-3-7-27(28(22)37)41-36-23-5-1-2-6-25(23)39-26-13-8-19(16-24(26)36)29(14-15-29)17-35-42/h1-2,5-6,8-13,16,18,22,27-28,37H,3-4,7,14-15,17H2/t22-,27?,28-,42?/m1/s1. The lowest BCUT2D eigenvalue weighted by molar-refractivity contribution is -0.274. The molecule has 0 saturated heterocycles. The summed E-state index contributed by atoms with van der Waals surface area (Å²) in [5.41, 5.74) is 3.84. The molecule has 2 unspecified atom stereocenters. The Bertz CT molecular complexity index is 1670. The van der Waals surface area contributed by atoms with Crippen LogP contribution in [0.4, 0.5) is 24.5 Å². The lowest BCUT2D eigenvalue weighted by Gasteiger charge is -2.38. The normalized spacial score (nSPS) is 27.7. The number of aliphatic hydroxyl groups is 1. The van der Waals surface area contributed by atoms with Crippen LogP contribution in [0.25, 0.3) is 0 Å². The highest BCUT2D eigenvalue weighted by atomic mass is 32.2. The summed E-state index contributed by atoms with van der Waals surface area (Å²) in [5.74, 6) is 1.05. The van der Waals surface area contributed by atoms with Crippen molar-refractivity contribution in [3.63, 3.8) is 0 Å². The molecule has 4 aliphatic rings. The van der Waals surface area contributed by atoms with Gasteiger partial charge in [0.15, 0.2) is 11.5 Å². The van der Waals surface area contributed by atoms with Gasteiger partial charge in [0.1, 0.15) is 15.5 Å². The zero-order chi connectivity index (χ0) is 29.1. The number of aliphatic imine (C=N–C) groups is 1. The average Bonchev–Trinajstić information content (AvgIpc) is 3.76. The Morgan fingerprint density at radius 2 is 1.79 bits per heavy atom. The van der Waals surface area contributed by atoms with Crippen molar-refractivity contribution in [3.05, 3.63) is 72.3 Å². The van der Waals surface area contributed by atoms with E-state index >= 15 is 0 Å². The van der Waals surface area contributed by atoms with Crippen LogP contribution in [0.15, 0.2) is 81.0 Å². The fourth-order valence-corrected chi connectivity index (χ4v) is 8.76. The van der Waals surface area contributed by atoms with E-state index in [1.54, 1.807) is 11.9 Å². The van der Waals surface area contributed by atoms with Crippen molar-refractivity contribution >= 4 is 38.6 Å². The van der Waals surface area contributed by atoms with Crippen molar-refractivity contribution in [1.82, 2.24) is 0 Å². The number of hydrogen-bond acceptors (Lipinski definition) is 8. The van der Waals surface area contributed by atoms with Crippen LogP contribution < -0.4 is 13.8 Å². The van der Waals surface area contributed by atoms with Gasteiger partial charge in [0.2, 0.25) is 0 Å². The van der Waals surface area contributed by atoms with Gasteiger partial charge in [0.25, 0.3) is 0 Å². The summed E-state index contributed by atoms with van der Waals surface area (Å²) in [4.78, 5) is 4.87. The van der Waals surface area contributed by atoms with Crippen LogP contribution in [0, 0.1) is 0 Å². The minimum absolute atomic E-state index is 0.187. The zero-order valence-electron chi connectivity index (χ0n) is 22.4. The van der Waals surface area contributed by atoms with Crippen molar-refractivity contribution in [2.45, 2.75) is 66.2 Å². The van der Waals surface area contributed by atoms with Gasteiger partial charge in [-0.05, 0) is 98.1 Å². The third-order valence-electron chi connectivity index (χ3n) is 8.30. The van der Waals surface area contributed by atoms with Gasteiger partial charge in [-0.1, -0.05) is 18.2 Å². The van der Waals surface area contributed by atoms with E-state index in [1.807, 2.05) is 36.4 Å². The second-order valence-corrected chi connectivity index (χ2v) is 14.3. The van der Waals surface area contributed by atoms with Gasteiger partial charge in [-0.25, -0.2) is 8.57 Å². The molecule has 1 spiro atoms. The Morgan fingerprint density at radius 1 is 1.02 bits per heavy atom. The van der Waals surface area contributed by atoms with E-state index in [-0.39, 0.29) is 22.1 Å². The Hall–Kier alpha value is -3.22. The van der Waals surface area contributed by atoms with Gasteiger partial charge >= 0.3 is 6.36 Å². The number of rotatable bonds is 2. The number of hydrogen-bond donors (Lipinski definition) is 1. The minimum atomic E-state index is -4.83. The number of benzene rings is 3. The maximum absolute atomic E-state index is 14.4. The van der Waals surface area contributed by atoms with E-state index in [1.165, 1.54) is 17.7 Å². The van der Waals surface area contributed by atoms with Gasteiger partial charge in [-0.3, -0.25) is 9.30 Å². The smallest absolute Gasteiger partial charge is 0.453 e. The highest BCUT2D eigenvalue weighted by molar-refractivity contribution is 8.06. The van der Waals surface area contributed by atoms with E-state index in [4.69, 9.17) is 9.10 Å². The molecule has 3 aromatic rings. The van der Waals surface area contributed by atoms with Crippen molar-refractivity contribution < 1.29 is 32.0 Å². The van der Waals surface area contributed by atoms with Crippen molar-refractivity contribution in [2.75, 3.05) is 10.8 Å². The number of para-hydroxylation sites is 2. The highest BCUT2D eigenvalue weighted by Gasteiger charge is 2.46. The molecule has 12 heteroatoms. The zero-order valence-corrected chi connectivity index (χ0v) is 24.0. The summed E-state index contributed by atoms with van der Waals surface area (Å²) in [6.45, 7) is 0.248. The Kier molecular flexibility index (Phi) is 6.70. The molecule has 42 heavy (non-hydrogen) atoms. The molecule has 0 aromatic heterocycles. The lowest BCUT2D eigenvalue weighted by Crippen LogP contribution is -2.40. The molecule has 0 radical (unpaired) electrons. The van der Waals surface area contributed by atoms with E-state index < -0.39 is 34.0 Å². The van der Waals surface area contributed by atoms with Crippen LogP contribution in [-0.2, 0) is 15.1 Å². The first-order chi connectivity index (χ1) is 20.1. The van der Waals surface area contributed by atoms with Gasteiger partial charge in [-0.2, -0.15) is 0 Å². The summed E-state index contributed by atoms with van der Waals surface area (Å²) in [5, 5.41) is 11.3. The van der Waals surface area contributed by atoms with E-state index in [9.17, 15) is 22.5 Å². The monoisotopic (exact) mass is 615 g/mol. The predicted molar refractivity (Wildman–Crippen MR) is 156 cm³/mol. The van der Waals surface area contributed by atoms with Gasteiger partial charge < -0.3 is 14.6 Å². The Labute approximate surface area is 246 Å². The van der Waals surface area contributed by atoms with Crippen LogP contribution in [0.2, 0.25) is 0 Å². The molecule has 4 atom stereocenters. The van der Waals surface area contributed by atoms with Gasteiger partial charge in [0.05, 0.1) is 45.8 Å². The third kappa shape index (κ3) is 5.13. The first-order valence-electron chi connectivity index (χ1n) is 13.8. The second-order valence-electron chi connectivity index (χ2n) is 11.1. The summed E-state index contributed by atoms with van der Waals surface area (Å²) in [7, 11) is -3.27. The largest absolute Gasteiger partial charge is 0.573 e. The SMILES string of the molecule is O=S1(c2ccc(OC(F)(F)F)cc2)=NCC2(CC2)c2ccc3c(c2)N(SC2CCC[C@@H](N=C1)[C@H]2O)c1ccccc1O3. The molecule has 0 amide bonds. The number of aliphatic hydroxyl groups excluding tert-OH is 1. The Balaban J connectivity index is 1.33. The fraction of sp³-hybridized carbons (Fsp3) is 0.367. The van der Waals surface area contributed by atoms with Gasteiger partial charge in [-0.15, -0.1) is 13.2 Å². The average molecular weight is 616 g/mol. The molecule has 4 bridgehead atoms. The molecular weight excluding hydrogens is 587 g/mol. The Morgan fingerprint density at radius 3 is 2.55 bits per heavy atom. The first kappa shape index (κ1) is 27.6.